The van der Waals surface area contributed by atoms with Crippen molar-refractivity contribution in [2.45, 2.75) is 214 Å². The predicted molar refractivity (Wildman–Crippen MR) is 204 cm³/mol. The standard InChI is InChI=1S/C39H74NO4.C3H8/c1-5-7-9-11-13-15-17-19-21-23-25-27-29-31-33-35-38(41)43-37-40(3,4)44-39(42)36-34-32-30-28-26-24-22-20-18-16-14-12-10-8-6-2;1-3-2/h19-22H,5-18,23-37H2,1-4H3;3H2,1-2H3/q+1;. The molecule has 0 heterocycles. The molecule has 0 N–H and O–H groups in total. The van der Waals surface area contributed by atoms with Gasteiger partial charge in [-0.15, -0.1) is 4.65 Å². The third-order valence-electron chi connectivity index (χ3n) is 8.17. The van der Waals surface area contributed by atoms with Crippen LogP contribution in [0.1, 0.15) is 214 Å². The molecule has 0 saturated heterocycles. The summed E-state index contributed by atoms with van der Waals surface area (Å²) in [6.45, 7) is 8.84. The Labute approximate surface area is 294 Å². The highest BCUT2D eigenvalue weighted by molar-refractivity contribution is 5.69. The lowest BCUT2D eigenvalue weighted by Gasteiger charge is -2.25. The van der Waals surface area contributed by atoms with E-state index in [4.69, 9.17) is 9.57 Å². The van der Waals surface area contributed by atoms with E-state index in [2.05, 4.69) is 52.0 Å². The molecule has 0 aromatic rings. The summed E-state index contributed by atoms with van der Waals surface area (Å²) in [5, 5.41) is 0. The number of carbonyl (C=O) groups is 2. The van der Waals surface area contributed by atoms with Crippen molar-refractivity contribution in [3.63, 3.8) is 0 Å². The van der Waals surface area contributed by atoms with Crippen molar-refractivity contribution in [2.75, 3.05) is 20.8 Å². The molecule has 0 aliphatic heterocycles. The van der Waals surface area contributed by atoms with Crippen LogP contribution in [-0.2, 0) is 19.2 Å². The van der Waals surface area contributed by atoms with Gasteiger partial charge in [0.15, 0.2) is 0 Å². The Morgan fingerprint density at radius 3 is 1.11 bits per heavy atom. The van der Waals surface area contributed by atoms with Crippen LogP contribution in [0.3, 0.4) is 0 Å². The number of ether oxygens (including phenoxy) is 1. The summed E-state index contributed by atoms with van der Waals surface area (Å²) in [6, 6.07) is 0. The summed E-state index contributed by atoms with van der Waals surface area (Å²) in [6.07, 6.45) is 43.6. The van der Waals surface area contributed by atoms with Crippen LogP contribution in [0.2, 0.25) is 0 Å². The fourth-order valence-electron chi connectivity index (χ4n) is 5.33. The third-order valence-corrected chi connectivity index (χ3v) is 8.17. The maximum absolute atomic E-state index is 12.3. The molecule has 0 amide bonds. The van der Waals surface area contributed by atoms with Crippen molar-refractivity contribution >= 4 is 11.9 Å². The van der Waals surface area contributed by atoms with E-state index in [0.717, 1.165) is 38.5 Å². The minimum Gasteiger partial charge on any atom is -0.411 e. The van der Waals surface area contributed by atoms with E-state index < -0.39 is 0 Å². The van der Waals surface area contributed by atoms with Crippen LogP contribution in [0.4, 0.5) is 0 Å². The van der Waals surface area contributed by atoms with E-state index in [0.29, 0.717) is 12.8 Å². The predicted octanol–water partition coefficient (Wildman–Crippen LogP) is 13.5. The molecule has 278 valence electrons. The second kappa shape index (κ2) is 38.8. The smallest absolute Gasteiger partial charge is 0.366 e. The van der Waals surface area contributed by atoms with Crippen LogP contribution in [0, 0.1) is 0 Å². The monoisotopic (exact) mass is 665 g/mol. The second-order valence-corrected chi connectivity index (χ2v) is 14.1. The summed E-state index contributed by atoms with van der Waals surface area (Å²) >= 11 is 0. The highest BCUT2D eigenvalue weighted by atomic mass is 16.8. The van der Waals surface area contributed by atoms with Gasteiger partial charge in [-0.2, -0.15) is 0 Å². The van der Waals surface area contributed by atoms with Crippen LogP contribution in [0.25, 0.3) is 0 Å². The number of unbranched alkanes of at least 4 members (excludes halogenated alkanes) is 22. The molecule has 5 nitrogen and oxygen atoms in total. The van der Waals surface area contributed by atoms with E-state index in [1.807, 2.05) is 0 Å². The summed E-state index contributed by atoms with van der Waals surface area (Å²) in [5.41, 5.74) is 0. The number of hydrogen-bond acceptors (Lipinski definition) is 4. The van der Waals surface area contributed by atoms with E-state index in [-0.39, 0.29) is 23.3 Å². The van der Waals surface area contributed by atoms with E-state index in [1.54, 1.807) is 14.1 Å². The summed E-state index contributed by atoms with van der Waals surface area (Å²) in [7, 11) is 3.51. The van der Waals surface area contributed by atoms with Gasteiger partial charge in [0.25, 0.3) is 6.73 Å². The van der Waals surface area contributed by atoms with Gasteiger partial charge in [-0.3, -0.25) is 9.63 Å². The molecule has 0 aromatic carbocycles. The van der Waals surface area contributed by atoms with Crippen LogP contribution in [0.5, 0.6) is 0 Å². The quantitative estimate of drug-likeness (QED) is 0.0175. The average molecular weight is 665 g/mol. The Kier molecular flexibility index (Phi) is 39.2. The van der Waals surface area contributed by atoms with E-state index in [9.17, 15) is 9.59 Å². The fraction of sp³-hybridized carbons (Fsp3) is 0.857. The maximum Gasteiger partial charge on any atom is 0.366 e. The minimum absolute atomic E-state index is 0.0576. The summed E-state index contributed by atoms with van der Waals surface area (Å²) in [5.74, 6) is -0.428. The van der Waals surface area contributed by atoms with Crippen molar-refractivity contribution in [1.82, 2.24) is 0 Å². The van der Waals surface area contributed by atoms with Gasteiger partial charge < -0.3 is 4.74 Å². The van der Waals surface area contributed by atoms with Crippen LogP contribution in [-0.4, -0.2) is 37.4 Å². The van der Waals surface area contributed by atoms with E-state index in [1.165, 1.54) is 135 Å². The molecule has 47 heavy (non-hydrogen) atoms. The van der Waals surface area contributed by atoms with Gasteiger partial charge in [0.05, 0.1) is 6.42 Å². The molecule has 0 spiro atoms. The molecule has 0 unspecified atom stereocenters. The van der Waals surface area contributed by atoms with Crippen molar-refractivity contribution in [1.29, 1.82) is 0 Å². The molecule has 0 fully saturated rings. The summed E-state index contributed by atoms with van der Waals surface area (Å²) < 4.78 is 5.32. The molecular formula is C42H82NO4+. The molecular weight excluding hydrogens is 582 g/mol. The Bertz CT molecular complexity index is 715. The molecule has 0 saturated carbocycles. The van der Waals surface area contributed by atoms with Gasteiger partial charge in [0, 0.05) is 6.42 Å². The first-order valence-corrected chi connectivity index (χ1v) is 20.3. The largest absolute Gasteiger partial charge is 0.411 e. The number of esters is 1. The Balaban J connectivity index is 0. The van der Waals surface area contributed by atoms with Gasteiger partial charge in [-0.05, 0) is 64.2 Å². The lowest BCUT2D eigenvalue weighted by molar-refractivity contribution is -1.07. The first kappa shape index (κ1) is 47.5. The number of rotatable bonds is 33. The van der Waals surface area contributed by atoms with Crippen molar-refractivity contribution in [2.24, 2.45) is 0 Å². The topological polar surface area (TPSA) is 52.6 Å². The first-order chi connectivity index (χ1) is 22.8. The lowest BCUT2D eigenvalue weighted by atomic mass is 10.1. The molecule has 0 aliphatic carbocycles. The van der Waals surface area contributed by atoms with Gasteiger partial charge in [0.2, 0.25) is 0 Å². The molecule has 0 rings (SSSR count). The zero-order chi connectivity index (χ0) is 35.1. The normalized spacial score (nSPS) is 11.6. The molecule has 0 aromatic heterocycles. The van der Waals surface area contributed by atoms with Gasteiger partial charge in [-0.1, -0.05) is 161 Å². The second-order valence-electron chi connectivity index (χ2n) is 14.1. The minimum atomic E-state index is -0.221. The molecule has 0 radical (unpaired) electrons. The molecule has 0 atom stereocenters. The highest BCUT2D eigenvalue weighted by Gasteiger charge is 2.24. The van der Waals surface area contributed by atoms with Crippen molar-refractivity contribution in [3.8, 4) is 0 Å². The zero-order valence-electron chi connectivity index (χ0n) is 32.6. The van der Waals surface area contributed by atoms with Crippen LogP contribution < -0.4 is 0 Å². The highest BCUT2D eigenvalue weighted by Crippen LogP contribution is 2.13. The SMILES string of the molecule is CCC.CCCCCCCCC=CCCCCCCCC(=O)OC[N+](C)(C)OC(=O)CCCCCCCC=CCCCCCCCC. The van der Waals surface area contributed by atoms with Gasteiger partial charge in [0.1, 0.15) is 14.1 Å². The molecule has 0 bridgehead atoms. The maximum atomic E-state index is 12.3. The van der Waals surface area contributed by atoms with Crippen LogP contribution >= 0.6 is 0 Å². The number of hydroxylamine groups is 3. The Morgan fingerprint density at radius 2 is 0.745 bits per heavy atom. The number of nitrogens with zero attached hydrogens (tertiary/aromatic N) is 1. The van der Waals surface area contributed by atoms with Crippen molar-refractivity contribution in [3.05, 3.63) is 24.3 Å². The lowest BCUT2D eigenvalue weighted by Crippen LogP contribution is -2.44. The Hall–Kier alpha value is -1.62. The van der Waals surface area contributed by atoms with Crippen molar-refractivity contribution < 1.29 is 23.8 Å². The van der Waals surface area contributed by atoms with Gasteiger partial charge in [-0.25, -0.2) is 4.79 Å². The number of allylic oxidation sites excluding steroid dienone is 4. The zero-order valence-corrected chi connectivity index (χ0v) is 32.6. The van der Waals surface area contributed by atoms with E-state index >= 15 is 0 Å². The number of hydrogen-bond donors (Lipinski definition) is 0. The Morgan fingerprint density at radius 1 is 0.447 bits per heavy atom. The van der Waals surface area contributed by atoms with Crippen LogP contribution in [0.15, 0.2) is 24.3 Å². The van der Waals surface area contributed by atoms with Gasteiger partial charge >= 0.3 is 11.9 Å². The first-order valence-electron chi connectivity index (χ1n) is 20.3. The summed E-state index contributed by atoms with van der Waals surface area (Å²) in [4.78, 5) is 30.0. The number of carbonyl (C=O) groups excluding carboxylic acids is 2. The number of quaternary nitrogens is 1. The molecule has 0 aliphatic rings. The average Bonchev–Trinajstić information content (AvgIpc) is 3.04. The third kappa shape index (κ3) is 42.4. The molecule has 5 heteroatoms. The fourth-order valence-corrected chi connectivity index (χ4v) is 5.33.